The minimum atomic E-state index is -0.350. The molecule has 0 radical (unpaired) electrons. The largest absolute Gasteiger partial charge is 0.493 e. The predicted molar refractivity (Wildman–Crippen MR) is 145 cm³/mol. The van der Waals surface area contributed by atoms with E-state index < -0.39 is 0 Å². The molecule has 4 rings (SSSR count). The van der Waals surface area contributed by atoms with E-state index in [1.807, 2.05) is 24.3 Å². The maximum absolute atomic E-state index is 13.4. The first kappa shape index (κ1) is 27.4. The molecule has 1 saturated heterocycles. The molecule has 0 bridgehead atoms. The van der Waals surface area contributed by atoms with Gasteiger partial charge in [0, 0.05) is 45.3 Å². The van der Waals surface area contributed by atoms with Crippen molar-refractivity contribution < 1.29 is 23.9 Å². The molecule has 3 N–H and O–H groups in total. The van der Waals surface area contributed by atoms with Crippen LogP contribution in [0.25, 0.3) is 0 Å². The number of aryl methyl sites for hydroxylation is 2. The zero-order valence-corrected chi connectivity index (χ0v) is 22.5. The summed E-state index contributed by atoms with van der Waals surface area (Å²) in [6.07, 6.45) is 3.75. The van der Waals surface area contributed by atoms with Gasteiger partial charge in [0.25, 0.3) is 0 Å². The Morgan fingerprint density at radius 2 is 1.58 bits per heavy atom. The van der Waals surface area contributed by atoms with E-state index in [0.29, 0.717) is 50.6 Å². The second-order valence-electron chi connectivity index (χ2n) is 10.1. The number of hydrogen-bond donors (Lipinski definition) is 3. The smallest absolute Gasteiger partial charge is 0.228 e. The third-order valence-corrected chi connectivity index (χ3v) is 7.29. The van der Waals surface area contributed by atoms with Crippen LogP contribution >= 0.6 is 0 Å². The number of methoxy groups -OCH3 is 2. The lowest BCUT2D eigenvalue weighted by atomic mass is 9.87. The molecular weight excluding hydrogens is 484 g/mol. The van der Waals surface area contributed by atoms with Gasteiger partial charge in [0.15, 0.2) is 11.5 Å². The Morgan fingerprint density at radius 1 is 0.868 bits per heavy atom. The summed E-state index contributed by atoms with van der Waals surface area (Å²) in [5.74, 6) is 0.276. The monoisotopic (exact) mass is 522 g/mol. The van der Waals surface area contributed by atoms with Gasteiger partial charge in [-0.1, -0.05) is 12.1 Å². The summed E-state index contributed by atoms with van der Waals surface area (Å²) in [5, 5.41) is 8.70. The van der Waals surface area contributed by atoms with Crippen molar-refractivity contribution in [2.75, 3.05) is 45.7 Å². The molecule has 1 fully saturated rings. The van der Waals surface area contributed by atoms with Gasteiger partial charge in [-0.25, -0.2) is 0 Å². The summed E-state index contributed by atoms with van der Waals surface area (Å²) in [7, 11) is 3.20. The number of carbonyl (C=O) groups is 3. The van der Waals surface area contributed by atoms with Crippen LogP contribution in [0.2, 0.25) is 0 Å². The molecule has 0 spiro atoms. The lowest BCUT2D eigenvalue weighted by molar-refractivity contribution is -0.130. The lowest BCUT2D eigenvalue weighted by Crippen LogP contribution is -2.49. The summed E-state index contributed by atoms with van der Waals surface area (Å²) in [4.78, 5) is 39.7. The average Bonchev–Trinajstić information content (AvgIpc) is 3.38. The number of rotatable bonds is 10. The number of nitrogens with one attached hydrogen (secondary N) is 3. The lowest BCUT2D eigenvalue weighted by Gasteiger charge is -2.36. The minimum Gasteiger partial charge on any atom is -0.493 e. The molecule has 38 heavy (non-hydrogen) atoms. The minimum absolute atomic E-state index is 0.0731. The zero-order chi connectivity index (χ0) is 27.1. The Kier molecular flexibility index (Phi) is 9.23. The average molecular weight is 523 g/mol. The molecular formula is C29H38N4O5. The molecule has 1 heterocycles. The summed E-state index contributed by atoms with van der Waals surface area (Å²) in [6, 6.07) is 11.9. The quantitative estimate of drug-likeness (QED) is 0.414. The number of amides is 3. The van der Waals surface area contributed by atoms with Crippen molar-refractivity contribution in [3.05, 3.63) is 53.1 Å². The van der Waals surface area contributed by atoms with Crippen LogP contribution in [0.4, 0.5) is 5.69 Å². The van der Waals surface area contributed by atoms with E-state index in [-0.39, 0.29) is 29.6 Å². The summed E-state index contributed by atoms with van der Waals surface area (Å²) < 4.78 is 10.8. The van der Waals surface area contributed by atoms with Gasteiger partial charge in [0.2, 0.25) is 17.7 Å². The third-order valence-electron chi connectivity index (χ3n) is 7.29. The predicted octanol–water partition coefficient (Wildman–Crippen LogP) is 2.52. The zero-order valence-electron chi connectivity index (χ0n) is 22.5. The number of piperidine rings is 1. The molecule has 9 heteroatoms. The highest BCUT2D eigenvalue weighted by Crippen LogP contribution is 2.31. The van der Waals surface area contributed by atoms with E-state index in [1.165, 1.54) is 18.1 Å². The van der Waals surface area contributed by atoms with E-state index in [9.17, 15) is 14.4 Å². The SMILES string of the molecule is COc1ccc(CN2C[C@@H](C(=O)NCCNC(C)=O)C[C@@H](C(=O)Nc3ccc4c(c3)CCC4)C2)cc1OC. The number of carbonyl (C=O) groups excluding carboxylic acids is 3. The maximum atomic E-state index is 13.4. The van der Waals surface area contributed by atoms with E-state index in [4.69, 9.17) is 9.47 Å². The molecule has 1 aliphatic heterocycles. The fourth-order valence-corrected chi connectivity index (χ4v) is 5.40. The highest BCUT2D eigenvalue weighted by atomic mass is 16.5. The van der Waals surface area contributed by atoms with Crippen LogP contribution in [0.15, 0.2) is 36.4 Å². The molecule has 0 aromatic heterocycles. The molecule has 2 aromatic rings. The number of ether oxygens (including phenoxy) is 2. The van der Waals surface area contributed by atoms with Gasteiger partial charge >= 0.3 is 0 Å². The molecule has 2 aromatic carbocycles. The van der Waals surface area contributed by atoms with Crippen LogP contribution in [-0.4, -0.2) is 63.0 Å². The van der Waals surface area contributed by atoms with Crippen LogP contribution in [0.3, 0.4) is 0 Å². The summed E-state index contributed by atoms with van der Waals surface area (Å²) >= 11 is 0. The highest BCUT2D eigenvalue weighted by molar-refractivity contribution is 5.93. The van der Waals surface area contributed by atoms with E-state index in [2.05, 4.69) is 33.0 Å². The normalized spacial score (nSPS) is 18.8. The van der Waals surface area contributed by atoms with Crippen LogP contribution < -0.4 is 25.4 Å². The van der Waals surface area contributed by atoms with Crippen molar-refractivity contribution in [2.45, 2.75) is 39.2 Å². The summed E-state index contributed by atoms with van der Waals surface area (Å²) in [5.41, 5.74) is 4.48. The standard InChI is InChI=1S/C29H38N4O5/c1-19(34)30-11-12-31-28(35)23-14-24(29(36)32-25-9-8-21-5-4-6-22(21)15-25)18-33(17-23)16-20-7-10-26(37-2)27(13-20)38-3/h7-10,13,15,23-24H,4-6,11-12,14,16-18H2,1-3H3,(H,30,34)(H,31,35)(H,32,36)/t23-,24+/m0/s1. The molecule has 204 valence electrons. The van der Waals surface area contributed by atoms with Crippen LogP contribution in [0.5, 0.6) is 11.5 Å². The first-order chi connectivity index (χ1) is 18.4. The Bertz CT molecular complexity index is 1170. The van der Waals surface area contributed by atoms with E-state index in [1.54, 1.807) is 14.2 Å². The topological polar surface area (TPSA) is 109 Å². The van der Waals surface area contributed by atoms with E-state index in [0.717, 1.165) is 30.5 Å². The van der Waals surface area contributed by atoms with Gasteiger partial charge in [0.05, 0.1) is 26.1 Å². The fraction of sp³-hybridized carbons (Fsp3) is 0.483. The van der Waals surface area contributed by atoms with Crippen molar-refractivity contribution in [1.82, 2.24) is 15.5 Å². The number of hydrogen-bond acceptors (Lipinski definition) is 6. The van der Waals surface area contributed by atoms with Gasteiger partial charge in [-0.2, -0.15) is 0 Å². The number of fused-ring (bicyclic) bond motifs is 1. The van der Waals surface area contributed by atoms with Gasteiger partial charge in [0.1, 0.15) is 0 Å². The van der Waals surface area contributed by atoms with Gasteiger partial charge in [-0.15, -0.1) is 0 Å². The maximum Gasteiger partial charge on any atom is 0.228 e. The Balaban J connectivity index is 1.46. The van der Waals surface area contributed by atoms with Crippen LogP contribution in [-0.2, 0) is 33.8 Å². The number of nitrogens with zero attached hydrogens (tertiary/aromatic N) is 1. The number of likely N-dealkylation sites (tertiary alicyclic amines) is 1. The molecule has 1 aliphatic carbocycles. The second kappa shape index (κ2) is 12.8. The van der Waals surface area contributed by atoms with Crippen molar-refractivity contribution >= 4 is 23.4 Å². The number of benzene rings is 2. The molecule has 3 amide bonds. The molecule has 2 aliphatic rings. The van der Waals surface area contributed by atoms with Crippen molar-refractivity contribution in [2.24, 2.45) is 11.8 Å². The molecule has 9 nitrogen and oxygen atoms in total. The third kappa shape index (κ3) is 7.04. The number of anilines is 1. The van der Waals surface area contributed by atoms with Gasteiger partial charge in [-0.05, 0) is 66.6 Å². The van der Waals surface area contributed by atoms with Crippen LogP contribution in [0, 0.1) is 11.8 Å². The van der Waals surface area contributed by atoms with Crippen molar-refractivity contribution in [3.63, 3.8) is 0 Å². The summed E-state index contributed by atoms with van der Waals surface area (Å²) in [6.45, 7) is 3.80. The first-order valence-electron chi connectivity index (χ1n) is 13.2. The second-order valence-corrected chi connectivity index (χ2v) is 10.1. The molecule has 2 atom stereocenters. The fourth-order valence-electron chi connectivity index (χ4n) is 5.40. The molecule has 0 saturated carbocycles. The molecule has 0 unspecified atom stereocenters. The van der Waals surface area contributed by atoms with Crippen molar-refractivity contribution in [3.8, 4) is 11.5 Å². The van der Waals surface area contributed by atoms with Gasteiger partial charge in [-0.3, -0.25) is 19.3 Å². The Hall–Kier alpha value is -3.59. The van der Waals surface area contributed by atoms with E-state index >= 15 is 0 Å². The Morgan fingerprint density at radius 3 is 2.32 bits per heavy atom. The van der Waals surface area contributed by atoms with Crippen molar-refractivity contribution in [1.29, 1.82) is 0 Å². The highest BCUT2D eigenvalue weighted by Gasteiger charge is 2.35. The first-order valence-corrected chi connectivity index (χ1v) is 13.2. The Labute approximate surface area is 224 Å². The van der Waals surface area contributed by atoms with Crippen LogP contribution in [0.1, 0.15) is 36.5 Å². The van der Waals surface area contributed by atoms with Gasteiger partial charge < -0.3 is 25.4 Å².